The number of methoxy groups -OCH3 is 1. The molecule has 1 fully saturated rings. The summed E-state index contributed by atoms with van der Waals surface area (Å²) in [6, 6.07) is 3.93. The fourth-order valence-corrected chi connectivity index (χ4v) is 5.84. The molecule has 0 heterocycles. The number of carbonyl (C=O) groups is 1. The van der Waals surface area contributed by atoms with Gasteiger partial charge in [0.15, 0.2) is 0 Å². The van der Waals surface area contributed by atoms with Gasteiger partial charge in [-0.2, -0.15) is 6.66 Å². The summed E-state index contributed by atoms with van der Waals surface area (Å²) >= 11 is 0. The van der Waals surface area contributed by atoms with Gasteiger partial charge in [0.1, 0.15) is 10.9 Å². The molecule has 0 aromatic heterocycles. The first kappa shape index (κ1) is 17.3. The Bertz CT molecular complexity index is 553. The van der Waals surface area contributed by atoms with Gasteiger partial charge in [-0.15, -0.1) is 7.26 Å². The van der Waals surface area contributed by atoms with Crippen molar-refractivity contribution >= 4 is 18.9 Å². The Morgan fingerprint density at radius 1 is 1.36 bits per heavy atom. The summed E-state index contributed by atoms with van der Waals surface area (Å²) in [7, 11) is 0.178. The number of ether oxygens (including phenoxy) is 1. The van der Waals surface area contributed by atoms with Crippen molar-refractivity contribution in [3.8, 4) is 5.75 Å². The topological polar surface area (TPSA) is 38.3 Å². The Balaban J connectivity index is 2.29. The monoisotopic (exact) mass is 321 g/mol. The number of hydrogen-bond donors (Lipinski definition) is 1. The van der Waals surface area contributed by atoms with Crippen LogP contribution < -0.4 is 10.1 Å². The normalized spacial score (nSPS) is 19.0. The summed E-state index contributed by atoms with van der Waals surface area (Å²) in [4.78, 5) is 13.0. The molecule has 0 saturated heterocycles. The van der Waals surface area contributed by atoms with E-state index in [1.54, 1.807) is 7.11 Å². The quantitative estimate of drug-likeness (QED) is 0.634. The van der Waals surface area contributed by atoms with Crippen LogP contribution >= 0.6 is 7.26 Å². The van der Waals surface area contributed by atoms with Crippen molar-refractivity contribution in [3.05, 3.63) is 29.9 Å². The van der Waals surface area contributed by atoms with Gasteiger partial charge in [-0.1, -0.05) is 0 Å². The van der Waals surface area contributed by atoms with Crippen LogP contribution in [-0.2, 0) is 4.79 Å². The molecule has 2 rings (SSSR count). The van der Waals surface area contributed by atoms with Gasteiger partial charge < -0.3 is 10.1 Å². The van der Waals surface area contributed by atoms with Crippen molar-refractivity contribution in [1.29, 1.82) is 0 Å². The lowest BCUT2D eigenvalue weighted by Gasteiger charge is -2.50. The second-order valence-electron chi connectivity index (χ2n) is 6.69. The zero-order valence-electron chi connectivity index (χ0n) is 14.5. The minimum atomic E-state index is -1.48. The molecule has 0 spiro atoms. The van der Waals surface area contributed by atoms with E-state index >= 15 is 0 Å². The lowest BCUT2D eigenvalue weighted by molar-refractivity contribution is -0.120. The third-order valence-electron chi connectivity index (χ3n) is 5.32. The molecular formula is C18H28NO2P. The van der Waals surface area contributed by atoms with Crippen molar-refractivity contribution in [1.82, 2.24) is 0 Å². The molecule has 0 aliphatic heterocycles. The number of amides is 1. The number of aryl methyl sites for hydroxylation is 2. The Hall–Kier alpha value is -1.08. The highest BCUT2D eigenvalue weighted by Gasteiger charge is 2.56. The first-order valence-electron chi connectivity index (χ1n) is 7.94. The third kappa shape index (κ3) is 2.76. The maximum Gasteiger partial charge on any atom is 0.265 e. The number of anilines is 1. The van der Waals surface area contributed by atoms with Crippen LogP contribution in [0.1, 0.15) is 37.3 Å². The predicted molar refractivity (Wildman–Crippen MR) is 96.4 cm³/mol. The number of hydrogen-bond acceptors (Lipinski definition) is 2. The molecule has 4 heteroatoms. The smallest absolute Gasteiger partial charge is 0.265 e. The van der Waals surface area contributed by atoms with Gasteiger partial charge in [-0.05, 0) is 63.3 Å². The van der Waals surface area contributed by atoms with Crippen LogP contribution in [0.15, 0.2) is 12.1 Å². The molecule has 1 N–H and O–H groups in total. The van der Waals surface area contributed by atoms with E-state index in [0.29, 0.717) is 0 Å². The van der Waals surface area contributed by atoms with Crippen LogP contribution in [0, 0.1) is 20.5 Å². The molecule has 122 valence electrons. The van der Waals surface area contributed by atoms with Gasteiger partial charge in [-0.3, -0.25) is 4.79 Å². The average molecular weight is 321 g/mol. The van der Waals surface area contributed by atoms with Gasteiger partial charge >= 0.3 is 0 Å². The predicted octanol–water partition coefficient (Wildman–Crippen LogP) is 4.63. The third-order valence-corrected chi connectivity index (χ3v) is 9.43. The summed E-state index contributed by atoms with van der Waals surface area (Å²) in [6.45, 7) is 12.9. The second kappa shape index (κ2) is 6.20. The van der Waals surface area contributed by atoms with Crippen LogP contribution in [0.2, 0.25) is 0 Å². The molecule has 0 bridgehead atoms. The van der Waals surface area contributed by atoms with E-state index in [0.717, 1.165) is 48.0 Å². The van der Waals surface area contributed by atoms with E-state index in [1.807, 2.05) is 26.0 Å². The fourth-order valence-electron chi connectivity index (χ4n) is 3.30. The van der Waals surface area contributed by atoms with E-state index < -0.39 is 7.26 Å². The van der Waals surface area contributed by atoms with E-state index in [1.165, 1.54) is 0 Å². The van der Waals surface area contributed by atoms with E-state index in [2.05, 4.69) is 25.6 Å². The van der Waals surface area contributed by atoms with Gasteiger partial charge in [0.2, 0.25) is 0 Å². The molecule has 22 heavy (non-hydrogen) atoms. The first-order valence-corrected chi connectivity index (χ1v) is 10.5. The zero-order valence-corrected chi connectivity index (χ0v) is 15.3. The largest absolute Gasteiger partial charge is 0.497 e. The number of rotatable bonds is 5. The molecule has 1 aliphatic rings. The van der Waals surface area contributed by atoms with Gasteiger partial charge in [0.25, 0.3) is 5.91 Å². The van der Waals surface area contributed by atoms with Crippen molar-refractivity contribution in [2.75, 3.05) is 25.3 Å². The van der Waals surface area contributed by atoms with Crippen LogP contribution in [0.25, 0.3) is 0 Å². The molecule has 1 aromatic rings. The molecule has 1 saturated carbocycles. The van der Waals surface area contributed by atoms with Gasteiger partial charge in [0, 0.05) is 18.5 Å². The van der Waals surface area contributed by atoms with E-state index in [4.69, 9.17) is 4.74 Å². The van der Waals surface area contributed by atoms with Crippen LogP contribution in [0.5, 0.6) is 5.75 Å². The summed E-state index contributed by atoms with van der Waals surface area (Å²) in [5, 5.41) is 2.98. The second-order valence-corrected chi connectivity index (χ2v) is 11.0. The number of carbonyl (C=O) groups excluding carboxylic acids is 1. The molecular weight excluding hydrogens is 293 g/mol. The van der Waals surface area contributed by atoms with Gasteiger partial charge in [0.05, 0.1) is 7.11 Å². The minimum absolute atomic E-state index is 0.169. The molecule has 1 amide bonds. The van der Waals surface area contributed by atoms with Crippen molar-refractivity contribution in [3.63, 3.8) is 0 Å². The molecule has 1 atom stereocenters. The summed E-state index contributed by atoms with van der Waals surface area (Å²) in [6.07, 6.45) is 4.11. The minimum Gasteiger partial charge on any atom is -0.497 e. The Labute approximate surface area is 135 Å². The molecule has 3 nitrogen and oxygen atoms in total. The van der Waals surface area contributed by atoms with Crippen LogP contribution in [0.3, 0.4) is 0 Å². The highest BCUT2D eigenvalue weighted by Crippen LogP contribution is 2.71. The summed E-state index contributed by atoms with van der Waals surface area (Å²) < 4.78 is 5.29. The van der Waals surface area contributed by atoms with Crippen molar-refractivity contribution < 1.29 is 9.53 Å². The molecule has 0 radical (unpaired) electrons. The highest BCUT2D eigenvalue weighted by atomic mass is 31.2. The maximum atomic E-state index is 13.0. The zero-order chi connectivity index (χ0) is 16.5. The summed E-state index contributed by atoms with van der Waals surface area (Å²) in [5.41, 5.74) is 3.01. The first-order chi connectivity index (χ1) is 10.3. The van der Waals surface area contributed by atoms with Crippen molar-refractivity contribution in [2.24, 2.45) is 0 Å². The van der Waals surface area contributed by atoms with E-state index in [9.17, 15) is 4.79 Å². The average Bonchev–Trinajstić information content (AvgIpc) is 2.40. The molecule has 1 aromatic carbocycles. The Morgan fingerprint density at radius 3 is 2.27 bits per heavy atom. The van der Waals surface area contributed by atoms with E-state index in [-0.39, 0.29) is 11.1 Å². The molecule has 1 aliphatic carbocycles. The standard InChI is InChI=1S/C18H28NO2P/c1-7-22(5,6)18(9-8-10-18)17(20)19-16-13(2)11-15(21-4)12-14(16)3/h11-12H,5,7-10H2,1-4,6H3,(H,19,20). The Morgan fingerprint density at radius 2 is 1.91 bits per heavy atom. The lowest BCUT2D eigenvalue weighted by atomic mass is 9.83. The number of nitrogens with one attached hydrogen (secondary N) is 1. The summed E-state index contributed by atoms with van der Waals surface area (Å²) in [5.74, 6) is 0.997. The maximum absolute atomic E-state index is 13.0. The Kier molecular flexibility index (Phi) is 4.87. The highest BCUT2D eigenvalue weighted by molar-refractivity contribution is 7.78. The van der Waals surface area contributed by atoms with Crippen LogP contribution in [0.4, 0.5) is 5.69 Å². The van der Waals surface area contributed by atoms with Crippen molar-refractivity contribution in [2.45, 2.75) is 45.2 Å². The van der Waals surface area contributed by atoms with Crippen LogP contribution in [-0.4, -0.2) is 31.0 Å². The molecule has 1 unspecified atom stereocenters. The fraction of sp³-hybridized carbons (Fsp3) is 0.556. The lowest BCUT2D eigenvalue weighted by Crippen LogP contribution is -2.50. The SMILES string of the molecule is [CH2-][P+](C)(CC)C1(C(=O)Nc2c(C)cc(OC)cc2C)CCC1. The number of benzene rings is 1. The van der Waals surface area contributed by atoms with Gasteiger partial charge in [-0.25, -0.2) is 0 Å².